The molecule has 0 amide bonds. The largest absolute Gasteiger partial charge is 0.260 e. The van der Waals surface area contributed by atoms with Gasteiger partial charge in [-0.1, -0.05) is 13.8 Å². The molecule has 0 fully saturated rings. The molecule has 0 atom stereocenters. The van der Waals surface area contributed by atoms with Crippen LogP contribution in [-0.4, -0.2) is 4.98 Å². The first-order chi connectivity index (χ1) is 5.13. The highest BCUT2D eigenvalue weighted by atomic mass is 79.9. The maximum Gasteiger partial charge on any atom is 0.0573 e. The first-order valence-electron chi connectivity index (χ1n) is 3.74. The predicted octanol–water partition coefficient (Wildman–Crippen LogP) is 3.28. The summed E-state index contributed by atoms with van der Waals surface area (Å²) in [6.07, 6.45) is 1.86. The summed E-state index contributed by atoms with van der Waals surface area (Å²) in [7, 11) is 0. The molecule has 0 aliphatic heterocycles. The molecular weight excluding hydrogens is 202 g/mol. The minimum atomic E-state index is 0.490. The van der Waals surface area contributed by atoms with E-state index in [1.165, 1.54) is 5.56 Å². The first-order valence-corrected chi connectivity index (χ1v) is 4.53. The van der Waals surface area contributed by atoms with Gasteiger partial charge in [-0.05, 0) is 40.4 Å². The molecule has 0 N–H and O–H groups in total. The Labute approximate surface area is 76.0 Å². The van der Waals surface area contributed by atoms with Gasteiger partial charge in [0, 0.05) is 10.7 Å². The summed E-state index contributed by atoms with van der Waals surface area (Å²) in [6.45, 7) is 6.37. The average Bonchev–Trinajstić information content (AvgIpc) is 1.94. The zero-order valence-electron chi connectivity index (χ0n) is 7.06. The van der Waals surface area contributed by atoms with E-state index in [1.54, 1.807) is 0 Å². The molecule has 2 heteroatoms. The molecule has 0 aliphatic carbocycles. The number of pyridine rings is 1. The summed E-state index contributed by atoms with van der Waals surface area (Å²) >= 11 is 3.52. The Morgan fingerprint density at radius 1 is 1.45 bits per heavy atom. The number of hydrogen-bond acceptors (Lipinski definition) is 1. The smallest absolute Gasteiger partial charge is 0.0573 e. The van der Waals surface area contributed by atoms with Gasteiger partial charge in [-0.15, -0.1) is 0 Å². The molecule has 1 aromatic heterocycles. The second-order valence-electron chi connectivity index (χ2n) is 2.98. The van der Waals surface area contributed by atoms with Crippen molar-refractivity contribution < 1.29 is 0 Å². The lowest BCUT2D eigenvalue weighted by Crippen LogP contribution is -1.94. The third-order valence-electron chi connectivity index (χ3n) is 1.66. The number of nitrogens with zero attached hydrogens (tertiary/aromatic N) is 1. The van der Waals surface area contributed by atoms with Crippen LogP contribution in [0.2, 0.25) is 0 Å². The molecule has 1 aromatic rings. The van der Waals surface area contributed by atoms with Crippen LogP contribution in [-0.2, 0) is 0 Å². The van der Waals surface area contributed by atoms with Crippen LogP contribution in [0.15, 0.2) is 16.7 Å². The molecule has 0 saturated carbocycles. The maximum absolute atomic E-state index is 4.29. The topological polar surface area (TPSA) is 12.9 Å². The number of halogens is 1. The lowest BCUT2D eigenvalue weighted by Gasteiger charge is -2.07. The van der Waals surface area contributed by atoms with Crippen molar-refractivity contribution in [2.45, 2.75) is 26.7 Å². The van der Waals surface area contributed by atoms with Crippen molar-refractivity contribution in [3.05, 3.63) is 28.0 Å². The number of rotatable bonds is 1. The van der Waals surface area contributed by atoms with E-state index in [4.69, 9.17) is 0 Å². The Morgan fingerprint density at radius 2 is 2.09 bits per heavy atom. The standard InChI is InChI=1S/C9H12BrN/c1-6(2)9-8(10)7(3)4-5-11-9/h4-6H,1-3H3. The molecule has 0 aliphatic rings. The fourth-order valence-corrected chi connectivity index (χ4v) is 1.66. The summed E-state index contributed by atoms with van der Waals surface area (Å²) in [4.78, 5) is 4.29. The number of hydrogen-bond donors (Lipinski definition) is 0. The molecule has 11 heavy (non-hydrogen) atoms. The van der Waals surface area contributed by atoms with Crippen LogP contribution < -0.4 is 0 Å². The molecule has 0 aromatic carbocycles. The maximum atomic E-state index is 4.29. The van der Waals surface area contributed by atoms with Crippen molar-refractivity contribution in [1.82, 2.24) is 4.98 Å². The van der Waals surface area contributed by atoms with Gasteiger partial charge in [0.1, 0.15) is 0 Å². The van der Waals surface area contributed by atoms with E-state index < -0.39 is 0 Å². The quantitative estimate of drug-likeness (QED) is 0.699. The Balaban J connectivity index is 3.17. The van der Waals surface area contributed by atoms with Gasteiger partial charge >= 0.3 is 0 Å². The van der Waals surface area contributed by atoms with E-state index in [0.29, 0.717) is 5.92 Å². The second-order valence-corrected chi connectivity index (χ2v) is 3.77. The van der Waals surface area contributed by atoms with Gasteiger partial charge in [0.25, 0.3) is 0 Å². The van der Waals surface area contributed by atoms with Gasteiger partial charge in [0.2, 0.25) is 0 Å². The normalized spacial score (nSPS) is 10.6. The first kappa shape index (κ1) is 8.72. The van der Waals surface area contributed by atoms with Crippen LogP contribution >= 0.6 is 15.9 Å². The van der Waals surface area contributed by atoms with E-state index in [-0.39, 0.29) is 0 Å². The predicted molar refractivity (Wildman–Crippen MR) is 50.8 cm³/mol. The molecular formula is C9H12BrN. The van der Waals surface area contributed by atoms with Crippen LogP contribution in [0, 0.1) is 6.92 Å². The monoisotopic (exact) mass is 213 g/mol. The Hall–Kier alpha value is -0.370. The summed E-state index contributed by atoms with van der Waals surface area (Å²) in [6, 6.07) is 2.01. The van der Waals surface area contributed by atoms with Gasteiger partial charge in [0.05, 0.1) is 5.69 Å². The fourth-order valence-electron chi connectivity index (χ4n) is 0.964. The highest BCUT2D eigenvalue weighted by Gasteiger charge is 2.06. The zero-order valence-corrected chi connectivity index (χ0v) is 8.64. The van der Waals surface area contributed by atoms with Crippen molar-refractivity contribution >= 4 is 15.9 Å². The summed E-state index contributed by atoms with van der Waals surface area (Å²) in [5, 5.41) is 0. The van der Waals surface area contributed by atoms with Crippen molar-refractivity contribution in [2.75, 3.05) is 0 Å². The fraction of sp³-hybridized carbons (Fsp3) is 0.444. The SMILES string of the molecule is Cc1ccnc(C(C)C)c1Br. The second kappa shape index (κ2) is 3.35. The highest BCUT2D eigenvalue weighted by molar-refractivity contribution is 9.10. The van der Waals surface area contributed by atoms with Gasteiger partial charge in [-0.25, -0.2) is 0 Å². The lowest BCUT2D eigenvalue weighted by molar-refractivity contribution is 0.813. The Bertz CT molecular complexity index is 256. The average molecular weight is 214 g/mol. The third-order valence-corrected chi connectivity index (χ3v) is 2.69. The molecule has 1 rings (SSSR count). The molecule has 1 nitrogen and oxygen atoms in total. The van der Waals surface area contributed by atoms with E-state index in [9.17, 15) is 0 Å². The van der Waals surface area contributed by atoms with Gasteiger partial charge in [-0.2, -0.15) is 0 Å². The van der Waals surface area contributed by atoms with Crippen molar-refractivity contribution in [2.24, 2.45) is 0 Å². The molecule has 60 valence electrons. The van der Waals surface area contributed by atoms with Crippen molar-refractivity contribution in [3.63, 3.8) is 0 Å². The third kappa shape index (κ3) is 1.80. The van der Waals surface area contributed by atoms with Crippen molar-refractivity contribution in [1.29, 1.82) is 0 Å². The van der Waals surface area contributed by atoms with E-state index in [2.05, 4.69) is 41.7 Å². The van der Waals surface area contributed by atoms with E-state index >= 15 is 0 Å². The van der Waals surface area contributed by atoms with Crippen LogP contribution in [0.3, 0.4) is 0 Å². The lowest BCUT2D eigenvalue weighted by atomic mass is 10.1. The van der Waals surface area contributed by atoms with E-state index in [0.717, 1.165) is 10.2 Å². The minimum Gasteiger partial charge on any atom is -0.260 e. The van der Waals surface area contributed by atoms with E-state index in [1.807, 2.05) is 12.3 Å². The molecule has 0 saturated heterocycles. The number of aromatic nitrogens is 1. The number of aryl methyl sites for hydroxylation is 1. The van der Waals surface area contributed by atoms with Gasteiger partial charge < -0.3 is 0 Å². The Morgan fingerprint density at radius 3 is 2.55 bits per heavy atom. The van der Waals surface area contributed by atoms with Crippen LogP contribution in [0.1, 0.15) is 31.0 Å². The van der Waals surface area contributed by atoms with Gasteiger partial charge in [-0.3, -0.25) is 4.98 Å². The van der Waals surface area contributed by atoms with Crippen LogP contribution in [0.25, 0.3) is 0 Å². The molecule has 1 heterocycles. The Kier molecular flexibility index (Phi) is 2.66. The summed E-state index contributed by atoms with van der Waals surface area (Å²) in [5.41, 5.74) is 2.40. The minimum absolute atomic E-state index is 0.490. The molecule has 0 spiro atoms. The molecule has 0 bridgehead atoms. The molecule has 0 unspecified atom stereocenters. The summed E-state index contributed by atoms with van der Waals surface area (Å²) < 4.78 is 1.15. The highest BCUT2D eigenvalue weighted by Crippen LogP contribution is 2.24. The zero-order chi connectivity index (χ0) is 8.43. The van der Waals surface area contributed by atoms with Crippen LogP contribution in [0.4, 0.5) is 0 Å². The van der Waals surface area contributed by atoms with Gasteiger partial charge in [0.15, 0.2) is 0 Å². The summed E-state index contributed by atoms with van der Waals surface area (Å²) in [5.74, 6) is 0.490. The van der Waals surface area contributed by atoms with Crippen molar-refractivity contribution in [3.8, 4) is 0 Å². The van der Waals surface area contributed by atoms with Crippen LogP contribution in [0.5, 0.6) is 0 Å². The molecule has 0 radical (unpaired) electrons.